The molecule has 0 saturated heterocycles. The van der Waals surface area contributed by atoms with Gasteiger partial charge in [0.05, 0.1) is 17.1 Å². The number of fused-ring (bicyclic) bond motifs is 1. The van der Waals surface area contributed by atoms with E-state index in [0.717, 1.165) is 29.5 Å². The Morgan fingerprint density at radius 3 is 2.82 bits per heavy atom. The summed E-state index contributed by atoms with van der Waals surface area (Å²) in [6.07, 6.45) is 3.69. The number of aromatic nitrogens is 3. The Labute approximate surface area is 196 Å². The van der Waals surface area contributed by atoms with Crippen LogP contribution in [0.25, 0.3) is 16.6 Å². The quantitative estimate of drug-likeness (QED) is 0.415. The van der Waals surface area contributed by atoms with E-state index in [1.165, 1.54) is 6.07 Å². The maximum absolute atomic E-state index is 14.4. The molecule has 8 nitrogen and oxygen atoms in total. The molecule has 1 fully saturated rings. The van der Waals surface area contributed by atoms with Gasteiger partial charge in [0, 0.05) is 23.7 Å². The van der Waals surface area contributed by atoms with Gasteiger partial charge >= 0.3 is 0 Å². The lowest BCUT2D eigenvalue weighted by Gasteiger charge is -2.24. The van der Waals surface area contributed by atoms with Gasteiger partial charge in [0.15, 0.2) is 5.82 Å². The van der Waals surface area contributed by atoms with Crippen molar-refractivity contribution in [2.75, 3.05) is 26.0 Å². The molecule has 1 unspecified atom stereocenters. The number of halogens is 1. The van der Waals surface area contributed by atoms with E-state index < -0.39 is 0 Å². The Morgan fingerprint density at radius 2 is 2.09 bits per heavy atom. The second-order valence-electron chi connectivity index (χ2n) is 8.81. The second-order valence-corrected chi connectivity index (χ2v) is 8.81. The van der Waals surface area contributed by atoms with Crippen molar-refractivity contribution in [1.82, 2.24) is 19.7 Å². The first-order valence-corrected chi connectivity index (χ1v) is 11.2. The van der Waals surface area contributed by atoms with Crippen molar-refractivity contribution in [2.45, 2.75) is 25.8 Å². The third-order valence-corrected chi connectivity index (χ3v) is 6.05. The lowest BCUT2D eigenvalue weighted by atomic mass is 10.1. The number of carbonyl (C=O) groups is 1. The monoisotopic (exact) mass is 463 g/mol. The summed E-state index contributed by atoms with van der Waals surface area (Å²) in [6, 6.07) is 12.0. The van der Waals surface area contributed by atoms with E-state index in [4.69, 9.17) is 9.26 Å². The molecule has 0 spiro atoms. The Hall–Kier alpha value is -3.72. The molecule has 0 radical (unpaired) electrons. The van der Waals surface area contributed by atoms with Crippen molar-refractivity contribution in [3.63, 3.8) is 0 Å². The van der Waals surface area contributed by atoms with Crippen molar-refractivity contribution in [1.29, 1.82) is 0 Å². The van der Waals surface area contributed by atoms with Crippen LogP contribution < -0.4 is 10.1 Å². The van der Waals surface area contributed by atoms with E-state index in [1.54, 1.807) is 16.6 Å². The highest BCUT2D eigenvalue weighted by Crippen LogP contribution is 2.35. The summed E-state index contributed by atoms with van der Waals surface area (Å²) < 4.78 is 27.6. The molecule has 1 atom stereocenters. The molecule has 0 aliphatic heterocycles. The SMILES string of the molecule is Cc1onc(OCC(c2ccccc2F)N(C)C)c1-c1ccn2nc(NC(=O)C3CC3)cc2c1. The third-order valence-electron chi connectivity index (χ3n) is 6.05. The Kier molecular flexibility index (Phi) is 5.79. The first-order chi connectivity index (χ1) is 16.4. The van der Waals surface area contributed by atoms with Crippen molar-refractivity contribution in [3.05, 3.63) is 65.8 Å². The van der Waals surface area contributed by atoms with E-state index in [2.05, 4.69) is 15.6 Å². The molecule has 1 N–H and O–H groups in total. The number of anilines is 1. The van der Waals surface area contributed by atoms with Gasteiger partial charge in [0.1, 0.15) is 18.2 Å². The van der Waals surface area contributed by atoms with E-state index in [9.17, 15) is 9.18 Å². The van der Waals surface area contributed by atoms with E-state index >= 15 is 0 Å². The highest BCUT2D eigenvalue weighted by molar-refractivity contribution is 5.93. The summed E-state index contributed by atoms with van der Waals surface area (Å²) in [5.74, 6) is 1.30. The molecule has 1 amide bonds. The predicted molar refractivity (Wildman–Crippen MR) is 125 cm³/mol. The van der Waals surface area contributed by atoms with Crippen LogP contribution in [0.15, 0.2) is 53.2 Å². The Balaban J connectivity index is 1.39. The van der Waals surface area contributed by atoms with Crippen LogP contribution >= 0.6 is 0 Å². The van der Waals surface area contributed by atoms with Gasteiger partial charge in [0.25, 0.3) is 5.88 Å². The number of pyridine rings is 1. The molecule has 0 bridgehead atoms. The summed E-state index contributed by atoms with van der Waals surface area (Å²) in [5.41, 5.74) is 2.93. The maximum atomic E-state index is 14.4. The van der Waals surface area contributed by atoms with Crippen LogP contribution in [0, 0.1) is 18.7 Å². The first-order valence-electron chi connectivity index (χ1n) is 11.2. The molecular formula is C25H26FN5O3. The summed E-state index contributed by atoms with van der Waals surface area (Å²) in [7, 11) is 3.76. The maximum Gasteiger partial charge on any atom is 0.262 e. The average Bonchev–Trinajstić information content (AvgIpc) is 3.49. The first kappa shape index (κ1) is 22.1. The smallest absolute Gasteiger partial charge is 0.262 e. The minimum atomic E-state index is -0.305. The lowest BCUT2D eigenvalue weighted by molar-refractivity contribution is -0.117. The highest BCUT2D eigenvalue weighted by Gasteiger charge is 2.30. The van der Waals surface area contributed by atoms with Crippen LogP contribution in [-0.4, -0.2) is 46.3 Å². The number of likely N-dealkylation sites (N-methyl/N-ethyl adjacent to an activating group) is 1. The van der Waals surface area contributed by atoms with Crippen molar-refractivity contribution < 1.29 is 18.4 Å². The van der Waals surface area contributed by atoms with Gasteiger partial charge in [-0.1, -0.05) is 18.2 Å². The van der Waals surface area contributed by atoms with Crippen molar-refractivity contribution in [2.24, 2.45) is 5.92 Å². The molecule has 9 heteroatoms. The molecule has 1 saturated carbocycles. The summed E-state index contributed by atoms with van der Waals surface area (Å²) in [4.78, 5) is 14.0. The van der Waals surface area contributed by atoms with Crippen LogP contribution in [0.3, 0.4) is 0 Å². The molecule has 34 heavy (non-hydrogen) atoms. The predicted octanol–water partition coefficient (Wildman–Crippen LogP) is 4.47. The molecule has 1 aromatic carbocycles. The highest BCUT2D eigenvalue weighted by atomic mass is 19.1. The molecule has 5 rings (SSSR count). The number of aryl methyl sites for hydroxylation is 1. The number of amides is 1. The fourth-order valence-corrected chi connectivity index (χ4v) is 3.98. The van der Waals surface area contributed by atoms with Gasteiger partial charge < -0.3 is 14.6 Å². The van der Waals surface area contributed by atoms with Gasteiger partial charge in [0.2, 0.25) is 5.91 Å². The number of ether oxygens (including phenoxy) is 1. The zero-order valence-electron chi connectivity index (χ0n) is 19.3. The van der Waals surface area contributed by atoms with Gasteiger partial charge in [-0.05, 0) is 62.8 Å². The van der Waals surface area contributed by atoms with E-state index in [-0.39, 0.29) is 30.3 Å². The van der Waals surface area contributed by atoms with Crippen LogP contribution in [0.2, 0.25) is 0 Å². The summed E-state index contributed by atoms with van der Waals surface area (Å²) in [5, 5.41) is 11.4. The largest absolute Gasteiger partial charge is 0.473 e. The molecule has 1 aliphatic rings. The zero-order chi connectivity index (χ0) is 23.8. The minimum Gasteiger partial charge on any atom is -0.473 e. The Bertz CT molecular complexity index is 1340. The van der Waals surface area contributed by atoms with E-state index in [0.29, 0.717) is 23.0 Å². The molecule has 1 aliphatic carbocycles. The minimum absolute atomic E-state index is 0.0134. The zero-order valence-corrected chi connectivity index (χ0v) is 19.3. The Morgan fingerprint density at radius 1 is 1.29 bits per heavy atom. The van der Waals surface area contributed by atoms with Crippen LogP contribution in [0.4, 0.5) is 10.2 Å². The normalized spacial score (nSPS) is 14.5. The topological polar surface area (TPSA) is 84.9 Å². The average molecular weight is 464 g/mol. The molecular weight excluding hydrogens is 437 g/mol. The van der Waals surface area contributed by atoms with Crippen LogP contribution in [0.1, 0.15) is 30.2 Å². The van der Waals surface area contributed by atoms with Crippen LogP contribution in [0.5, 0.6) is 5.88 Å². The van der Waals surface area contributed by atoms with Crippen molar-refractivity contribution in [3.8, 4) is 17.0 Å². The summed E-state index contributed by atoms with van der Waals surface area (Å²) in [6.45, 7) is 2.01. The third kappa shape index (κ3) is 4.38. The molecule has 4 aromatic rings. The van der Waals surface area contributed by atoms with Crippen LogP contribution in [-0.2, 0) is 4.79 Å². The molecule has 3 heterocycles. The standard InChI is InChI=1S/C25H26FN5O3/c1-15-23(17-10-11-31-18(12-17)13-22(28-31)27-24(32)16-8-9-16)25(29-34-15)33-14-21(30(2)3)19-6-4-5-7-20(19)26/h4-7,10-13,16,21H,8-9,14H2,1-3H3,(H,27,28,32). The van der Waals surface area contributed by atoms with Crippen molar-refractivity contribution >= 4 is 17.2 Å². The fourth-order valence-electron chi connectivity index (χ4n) is 3.98. The number of hydrogen-bond donors (Lipinski definition) is 1. The summed E-state index contributed by atoms with van der Waals surface area (Å²) >= 11 is 0. The number of rotatable bonds is 8. The number of carbonyl (C=O) groups excluding carboxylic acids is 1. The number of hydrogen-bond acceptors (Lipinski definition) is 6. The van der Waals surface area contributed by atoms with Gasteiger partial charge in [-0.3, -0.25) is 9.69 Å². The number of nitrogens with one attached hydrogen (secondary N) is 1. The molecule has 176 valence electrons. The number of nitrogens with zero attached hydrogens (tertiary/aromatic N) is 4. The fraction of sp³-hybridized carbons (Fsp3) is 0.320. The second kappa shape index (κ2) is 8.90. The van der Waals surface area contributed by atoms with Gasteiger partial charge in [-0.15, -0.1) is 0 Å². The van der Waals surface area contributed by atoms with E-state index in [1.807, 2.05) is 56.4 Å². The van der Waals surface area contributed by atoms with Gasteiger partial charge in [-0.25, -0.2) is 8.91 Å². The number of benzene rings is 1. The molecule has 3 aromatic heterocycles. The van der Waals surface area contributed by atoms with Gasteiger partial charge in [-0.2, -0.15) is 5.10 Å². The lowest BCUT2D eigenvalue weighted by Crippen LogP contribution is -2.26.